The molecular weight excluding hydrogens is 366 g/mol. The van der Waals surface area contributed by atoms with Gasteiger partial charge in [-0.25, -0.2) is 4.79 Å². The summed E-state index contributed by atoms with van der Waals surface area (Å²) in [6.45, 7) is 6.28. The fraction of sp³-hybridized carbons (Fsp3) is 0.292. The van der Waals surface area contributed by atoms with Crippen LogP contribution in [0, 0.1) is 0 Å². The molecule has 1 aliphatic carbocycles. The van der Waals surface area contributed by atoms with Gasteiger partial charge in [0.2, 0.25) is 0 Å². The lowest BCUT2D eigenvalue weighted by molar-refractivity contribution is -0.139. The monoisotopic (exact) mass is 391 g/mol. The van der Waals surface area contributed by atoms with Gasteiger partial charge >= 0.3 is 5.97 Å². The number of rotatable bonds is 9. The van der Waals surface area contributed by atoms with Gasteiger partial charge in [-0.3, -0.25) is 9.59 Å². The number of esters is 1. The second-order valence-corrected chi connectivity index (χ2v) is 7.19. The molecule has 0 heterocycles. The summed E-state index contributed by atoms with van der Waals surface area (Å²) in [7, 11) is 0. The molecule has 0 radical (unpaired) electrons. The van der Waals surface area contributed by atoms with E-state index in [1.165, 1.54) is 0 Å². The number of nitrogens with one attached hydrogen (secondary N) is 1. The lowest BCUT2D eigenvalue weighted by Gasteiger charge is -2.20. The van der Waals surface area contributed by atoms with Crippen LogP contribution in [-0.4, -0.2) is 30.7 Å². The molecule has 2 aromatic rings. The minimum atomic E-state index is -0.346. The first-order chi connectivity index (χ1) is 14.0. The maximum absolute atomic E-state index is 12.9. The highest BCUT2D eigenvalue weighted by molar-refractivity contribution is 6.30. The molecule has 0 atom stereocenters. The molecule has 0 amide bonds. The third kappa shape index (κ3) is 4.62. The third-order valence-electron chi connectivity index (χ3n) is 4.92. The van der Waals surface area contributed by atoms with Gasteiger partial charge in [0.05, 0.1) is 12.2 Å². The molecule has 29 heavy (non-hydrogen) atoms. The van der Waals surface area contributed by atoms with Gasteiger partial charge in [0, 0.05) is 34.5 Å². The van der Waals surface area contributed by atoms with Crippen LogP contribution in [0.4, 0.5) is 5.69 Å². The molecule has 0 aliphatic heterocycles. The van der Waals surface area contributed by atoms with Crippen molar-refractivity contribution in [2.75, 3.05) is 18.5 Å². The van der Waals surface area contributed by atoms with Gasteiger partial charge in [0.1, 0.15) is 0 Å². The topological polar surface area (TPSA) is 72.5 Å². The predicted molar refractivity (Wildman–Crippen MR) is 112 cm³/mol. The van der Waals surface area contributed by atoms with Gasteiger partial charge in [0.15, 0.2) is 11.6 Å². The minimum Gasteiger partial charge on any atom is -0.462 e. The summed E-state index contributed by atoms with van der Waals surface area (Å²) in [6, 6.07) is 12.3. The molecule has 1 N–H and O–H groups in total. The highest BCUT2D eigenvalue weighted by Crippen LogP contribution is 2.31. The average molecular weight is 391 g/mol. The number of unbranched alkanes of at least 4 members (excludes halogenated alkanes) is 3. The highest BCUT2D eigenvalue weighted by atomic mass is 16.5. The molecule has 5 nitrogen and oxygen atoms in total. The van der Waals surface area contributed by atoms with Gasteiger partial charge in [-0.05, 0) is 32.3 Å². The van der Waals surface area contributed by atoms with Crippen molar-refractivity contribution in [3.05, 3.63) is 76.9 Å². The first-order valence-electron chi connectivity index (χ1n) is 9.88. The Bertz CT molecular complexity index is 961. The van der Waals surface area contributed by atoms with Crippen LogP contribution in [0.15, 0.2) is 54.6 Å². The van der Waals surface area contributed by atoms with E-state index in [2.05, 4.69) is 11.9 Å². The van der Waals surface area contributed by atoms with E-state index in [1.54, 1.807) is 43.3 Å². The Balaban J connectivity index is 1.52. The summed E-state index contributed by atoms with van der Waals surface area (Å²) < 4.78 is 5.07. The molecule has 2 aromatic carbocycles. The number of hydrogen-bond acceptors (Lipinski definition) is 5. The van der Waals surface area contributed by atoms with E-state index in [4.69, 9.17) is 4.74 Å². The minimum absolute atomic E-state index is 0.108. The number of carbonyl (C=O) groups is 3. The number of anilines is 1. The van der Waals surface area contributed by atoms with Crippen molar-refractivity contribution in [3.8, 4) is 0 Å². The third-order valence-corrected chi connectivity index (χ3v) is 4.92. The Morgan fingerprint density at radius 1 is 0.897 bits per heavy atom. The summed E-state index contributed by atoms with van der Waals surface area (Å²) in [6.07, 6.45) is 3.64. The lowest BCUT2D eigenvalue weighted by atomic mass is 9.83. The quantitative estimate of drug-likeness (QED) is 0.329. The summed E-state index contributed by atoms with van der Waals surface area (Å²) in [4.78, 5) is 37.0. The maximum atomic E-state index is 12.9. The Kier molecular flexibility index (Phi) is 6.60. The molecule has 0 bridgehead atoms. The first kappa shape index (κ1) is 20.5. The number of benzene rings is 2. The number of fused-ring (bicyclic) bond motifs is 2. The van der Waals surface area contributed by atoms with Crippen LogP contribution in [0.5, 0.6) is 0 Å². The van der Waals surface area contributed by atoms with Crippen molar-refractivity contribution < 1.29 is 19.1 Å². The van der Waals surface area contributed by atoms with E-state index in [0.717, 1.165) is 25.7 Å². The van der Waals surface area contributed by atoms with Gasteiger partial charge in [-0.1, -0.05) is 49.4 Å². The second kappa shape index (κ2) is 9.32. The standard InChI is InChI=1S/C24H25NO4/c1-16(2)24(28)29-15-8-4-3-7-14-25-20-13-9-12-19-21(20)23(27)18-11-6-5-10-17(18)22(19)26/h5-6,9-13,25H,1,3-4,7-8,14-15H2,2H3. The Morgan fingerprint density at radius 2 is 1.55 bits per heavy atom. The summed E-state index contributed by atoms with van der Waals surface area (Å²) in [5, 5.41) is 3.31. The van der Waals surface area contributed by atoms with Crippen LogP contribution in [0.25, 0.3) is 0 Å². The van der Waals surface area contributed by atoms with Crippen LogP contribution in [0.2, 0.25) is 0 Å². The van der Waals surface area contributed by atoms with E-state index in [0.29, 0.717) is 46.7 Å². The molecule has 0 fully saturated rings. The summed E-state index contributed by atoms with van der Waals surface area (Å²) >= 11 is 0. The zero-order chi connectivity index (χ0) is 20.8. The smallest absolute Gasteiger partial charge is 0.333 e. The average Bonchev–Trinajstić information content (AvgIpc) is 2.73. The van der Waals surface area contributed by atoms with Crippen LogP contribution >= 0.6 is 0 Å². The van der Waals surface area contributed by atoms with Crippen LogP contribution in [0.1, 0.15) is 64.4 Å². The lowest BCUT2D eigenvalue weighted by Crippen LogP contribution is -2.22. The maximum Gasteiger partial charge on any atom is 0.333 e. The van der Waals surface area contributed by atoms with Crippen molar-refractivity contribution in [1.29, 1.82) is 0 Å². The first-order valence-corrected chi connectivity index (χ1v) is 9.88. The fourth-order valence-corrected chi connectivity index (χ4v) is 3.38. The van der Waals surface area contributed by atoms with E-state index < -0.39 is 0 Å². The van der Waals surface area contributed by atoms with Crippen molar-refractivity contribution in [3.63, 3.8) is 0 Å². The molecule has 0 saturated carbocycles. The van der Waals surface area contributed by atoms with Crippen molar-refractivity contribution in [2.45, 2.75) is 32.6 Å². The van der Waals surface area contributed by atoms with Gasteiger partial charge in [-0.15, -0.1) is 0 Å². The van der Waals surface area contributed by atoms with E-state index in [9.17, 15) is 14.4 Å². The molecule has 150 valence electrons. The number of ketones is 2. The fourth-order valence-electron chi connectivity index (χ4n) is 3.38. The van der Waals surface area contributed by atoms with E-state index >= 15 is 0 Å². The molecule has 1 aliphatic rings. The Hall–Kier alpha value is -3.21. The number of ether oxygens (including phenoxy) is 1. The second-order valence-electron chi connectivity index (χ2n) is 7.19. The van der Waals surface area contributed by atoms with Crippen molar-refractivity contribution in [1.82, 2.24) is 0 Å². The molecule has 3 rings (SSSR count). The van der Waals surface area contributed by atoms with Crippen LogP contribution in [-0.2, 0) is 9.53 Å². The predicted octanol–water partition coefficient (Wildman–Crippen LogP) is 4.55. The molecule has 0 aromatic heterocycles. The van der Waals surface area contributed by atoms with Crippen molar-refractivity contribution >= 4 is 23.2 Å². The van der Waals surface area contributed by atoms with Crippen molar-refractivity contribution in [2.24, 2.45) is 0 Å². The molecule has 5 heteroatoms. The van der Waals surface area contributed by atoms with Crippen LogP contribution < -0.4 is 5.32 Å². The van der Waals surface area contributed by atoms with E-state index in [1.807, 2.05) is 6.07 Å². The molecule has 0 spiro atoms. The van der Waals surface area contributed by atoms with Gasteiger partial charge in [0.25, 0.3) is 0 Å². The number of carbonyl (C=O) groups excluding carboxylic acids is 3. The summed E-state index contributed by atoms with van der Waals surface area (Å²) in [5.74, 6) is -0.568. The van der Waals surface area contributed by atoms with Gasteiger partial charge in [-0.2, -0.15) is 0 Å². The molecular formula is C24H25NO4. The SMILES string of the molecule is C=C(C)C(=O)OCCCCCCNc1cccc2c1C(=O)c1ccccc1C2=O. The van der Waals surface area contributed by atoms with Gasteiger partial charge < -0.3 is 10.1 Å². The normalized spacial score (nSPS) is 12.2. The van der Waals surface area contributed by atoms with Crippen LogP contribution in [0.3, 0.4) is 0 Å². The zero-order valence-corrected chi connectivity index (χ0v) is 16.6. The molecule has 0 unspecified atom stereocenters. The Labute approximate surface area is 170 Å². The summed E-state index contributed by atoms with van der Waals surface area (Å²) in [5.41, 5.74) is 2.96. The highest BCUT2D eigenvalue weighted by Gasteiger charge is 2.31. The molecule has 0 saturated heterocycles. The number of hydrogen-bond donors (Lipinski definition) is 1. The van der Waals surface area contributed by atoms with E-state index in [-0.39, 0.29) is 17.5 Å². The Morgan fingerprint density at radius 3 is 2.28 bits per heavy atom. The zero-order valence-electron chi connectivity index (χ0n) is 16.6. The largest absolute Gasteiger partial charge is 0.462 e.